The summed E-state index contributed by atoms with van der Waals surface area (Å²) in [6.45, 7) is 9.63. The Morgan fingerprint density at radius 2 is 1.87 bits per heavy atom. The number of carbonyl (C=O) groups is 1. The van der Waals surface area contributed by atoms with E-state index in [1.165, 1.54) is 32.1 Å². The molecule has 1 saturated heterocycles. The van der Waals surface area contributed by atoms with Gasteiger partial charge in [0, 0.05) is 6.42 Å². The molecule has 1 heterocycles. The van der Waals surface area contributed by atoms with Crippen molar-refractivity contribution in [2.75, 3.05) is 6.61 Å². The summed E-state index contributed by atoms with van der Waals surface area (Å²) in [5, 5.41) is 0. The average Bonchev–Trinajstić information content (AvgIpc) is 2.89. The largest absolute Gasteiger partial charge is 0.465 e. The van der Waals surface area contributed by atoms with E-state index in [-0.39, 0.29) is 5.97 Å². The van der Waals surface area contributed by atoms with Gasteiger partial charge < -0.3 is 4.74 Å². The summed E-state index contributed by atoms with van der Waals surface area (Å²) in [6.07, 6.45) is 13.2. The summed E-state index contributed by atoms with van der Waals surface area (Å²) in [5.41, 5.74) is 0.792. The molecular weight excluding hydrogens is 284 g/mol. The summed E-state index contributed by atoms with van der Waals surface area (Å²) < 4.78 is 5.47. The van der Waals surface area contributed by atoms with Crippen LogP contribution in [0.3, 0.4) is 0 Å². The van der Waals surface area contributed by atoms with Crippen LogP contribution in [0.5, 0.6) is 0 Å². The Hall–Kier alpha value is -0.790. The van der Waals surface area contributed by atoms with Crippen LogP contribution in [-0.4, -0.2) is 12.6 Å². The van der Waals surface area contributed by atoms with Gasteiger partial charge in [0.15, 0.2) is 0 Å². The molecule has 3 fully saturated rings. The fourth-order valence-corrected chi connectivity index (χ4v) is 6.32. The zero-order valence-electron chi connectivity index (χ0n) is 15.4. The van der Waals surface area contributed by atoms with E-state index in [4.69, 9.17) is 4.74 Å². The molecule has 0 amide bonds. The zero-order valence-corrected chi connectivity index (χ0v) is 15.4. The van der Waals surface area contributed by atoms with E-state index in [9.17, 15) is 4.79 Å². The lowest BCUT2D eigenvalue weighted by Crippen LogP contribution is -2.51. The van der Waals surface area contributed by atoms with Gasteiger partial charge in [-0.05, 0) is 73.0 Å². The first-order valence-corrected chi connectivity index (χ1v) is 9.86. The minimum absolute atomic E-state index is 0.0327. The second kappa shape index (κ2) is 6.26. The maximum Gasteiger partial charge on any atom is 0.305 e. The maximum atomic E-state index is 11.7. The van der Waals surface area contributed by atoms with E-state index in [0.717, 1.165) is 24.2 Å². The van der Waals surface area contributed by atoms with Crippen molar-refractivity contribution in [3.05, 3.63) is 12.2 Å². The molecule has 0 aromatic heterocycles. The van der Waals surface area contributed by atoms with Crippen molar-refractivity contribution in [3.8, 4) is 0 Å². The topological polar surface area (TPSA) is 26.3 Å². The third-order valence-corrected chi connectivity index (χ3v) is 7.70. The lowest BCUT2D eigenvalue weighted by atomic mass is 9.47. The van der Waals surface area contributed by atoms with Gasteiger partial charge >= 0.3 is 5.97 Å². The lowest BCUT2D eigenvalue weighted by molar-refractivity contribution is -0.144. The highest BCUT2D eigenvalue weighted by Gasteiger charge is 2.56. The molecule has 1 aliphatic heterocycles. The van der Waals surface area contributed by atoms with Gasteiger partial charge in [0.25, 0.3) is 0 Å². The van der Waals surface area contributed by atoms with Crippen LogP contribution in [0, 0.1) is 34.5 Å². The molecule has 4 rings (SSSR count). The van der Waals surface area contributed by atoms with Crippen molar-refractivity contribution in [2.24, 2.45) is 34.5 Å². The molecule has 4 unspecified atom stereocenters. The Kier molecular flexibility index (Phi) is 4.64. The highest BCUT2D eigenvalue weighted by atomic mass is 16.5. The van der Waals surface area contributed by atoms with Crippen molar-refractivity contribution in [1.29, 1.82) is 0 Å². The van der Waals surface area contributed by atoms with Crippen LogP contribution in [0.1, 0.15) is 72.6 Å². The van der Waals surface area contributed by atoms with Crippen LogP contribution in [0.25, 0.3) is 0 Å². The molecule has 0 spiro atoms. The number of rotatable bonds is 0. The molecule has 23 heavy (non-hydrogen) atoms. The van der Waals surface area contributed by atoms with Gasteiger partial charge in [-0.1, -0.05) is 39.8 Å². The summed E-state index contributed by atoms with van der Waals surface area (Å²) in [5.74, 6) is 3.17. The third kappa shape index (κ3) is 2.66. The Balaban J connectivity index is 0.000000753. The van der Waals surface area contributed by atoms with E-state index >= 15 is 0 Å². The third-order valence-electron chi connectivity index (χ3n) is 7.70. The molecule has 2 heteroatoms. The van der Waals surface area contributed by atoms with Crippen molar-refractivity contribution >= 4 is 5.97 Å². The standard InChI is InChI=1S/C19H28O2.C2H6/c1-18-9-3-4-15(18)14-6-5-13-12-21-17(20)8-11-19(13,2)16(14)7-10-18;1-2/h3,9,13-16H,4-8,10-12H2,1-2H3;1-2H3/t13-,14?,15?,16-,18?,19?;/m0./s1. The van der Waals surface area contributed by atoms with Gasteiger partial charge in [-0.2, -0.15) is 0 Å². The Bertz CT molecular complexity index is 482. The Labute approximate surface area is 142 Å². The fraction of sp³-hybridized carbons (Fsp3) is 0.857. The summed E-state index contributed by atoms with van der Waals surface area (Å²) >= 11 is 0. The lowest BCUT2D eigenvalue weighted by Gasteiger charge is -2.57. The number of carbonyl (C=O) groups excluding carboxylic acids is 1. The quantitative estimate of drug-likeness (QED) is 0.443. The molecule has 0 radical (unpaired) electrons. The molecular formula is C21H34O2. The number of cyclic esters (lactones) is 1. The number of allylic oxidation sites excluding steroid dienone is 2. The molecule has 4 aliphatic rings. The minimum Gasteiger partial charge on any atom is -0.465 e. The molecule has 3 aliphatic carbocycles. The van der Waals surface area contributed by atoms with Crippen LogP contribution in [0.2, 0.25) is 0 Å². The highest BCUT2D eigenvalue weighted by Crippen LogP contribution is 2.63. The predicted molar refractivity (Wildman–Crippen MR) is 93.9 cm³/mol. The van der Waals surface area contributed by atoms with Crippen LogP contribution in [0.4, 0.5) is 0 Å². The normalized spacial score (nSPS) is 48.1. The number of fused-ring (bicyclic) bond motifs is 5. The van der Waals surface area contributed by atoms with Crippen molar-refractivity contribution in [3.63, 3.8) is 0 Å². The SMILES string of the molecule is CC.CC12C=CCC1C1CC[C@H]3COC(=O)CCC3(C)[C@H]1CC2. The van der Waals surface area contributed by atoms with E-state index in [1.54, 1.807) is 0 Å². The van der Waals surface area contributed by atoms with Crippen LogP contribution in [-0.2, 0) is 9.53 Å². The summed E-state index contributed by atoms with van der Waals surface area (Å²) in [6, 6.07) is 0. The van der Waals surface area contributed by atoms with Gasteiger partial charge in [0.2, 0.25) is 0 Å². The molecule has 0 aromatic rings. The van der Waals surface area contributed by atoms with Crippen molar-refractivity contribution in [1.82, 2.24) is 0 Å². The predicted octanol–water partition coefficient (Wildman–Crippen LogP) is 5.37. The molecule has 130 valence electrons. The number of hydrogen-bond donors (Lipinski definition) is 0. The first kappa shape index (κ1) is 17.0. The van der Waals surface area contributed by atoms with Crippen LogP contribution in [0.15, 0.2) is 12.2 Å². The van der Waals surface area contributed by atoms with Gasteiger partial charge in [-0.3, -0.25) is 4.79 Å². The molecule has 0 aromatic carbocycles. The molecule has 0 bridgehead atoms. The average molecular weight is 319 g/mol. The maximum absolute atomic E-state index is 11.7. The first-order valence-electron chi connectivity index (χ1n) is 9.86. The second-order valence-electron chi connectivity index (χ2n) is 8.52. The summed E-state index contributed by atoms with van der Waals surface area (Å²) in [7, 11) is 0. The molecule has 2 saturated carbocycles. The van der Waals surface area contributed by atoms with Gasteiger partial charge in [0.1, 0.15) is 0 Å². The number of esters is 1. The van der Waals surface area contributed by atoms with E-state index in [2.05, 4.69) is 26.0 Å². The van der Waals surface area contributed by atoms with Crippen molar-refractivity contribution in [2.45, 2.75) is 72.6 Å². The van der Waals surface area contributed by atoms with E-state index in [0.29, 0.717) is 29.8 Å². The van der Waals surface area contributed by atoms with Crippen molar-refractivity contribution < 1.29 is 9.53 Å². The Morgan fingerprint density at radius 1 is 1.09 bits per heavy atom. The van der Waals surface area contributed by atoms with Crippen LogP contribution < -0.4 is 0 Å². The van der Waals surface area contributed by atoms with E-state index < -0.39 is 0 Å². The van der Waals surface area contributed by atoms with E-state index in [1.807, 2.05) is 13.8 Å². The minimum atomic E-state index is 0.0327. The molecule has 6 atom stereocenters. The summed E-state index contributed by atoms with van der Waals surface area (Å²) in [4.78, 5) is 11.7. The smallest absolute Gasteiger partial charge is 0.305 e. The first-order chi connectivity index (χ1) is 11.0. The second-order valence-corrected chi connectivity index (χ2v) is 8.52. The fourth-order valence-electron chi connectivity index (χ4n) is 6.32. The molecule has 0 N–H and O–H groups in total. The highest BCUT2D eigenvalue weighted by molar-refractivity contribution is 5.69. The molecule has 2 nitrogen and oxygen atoms in total. The van der Waals surface area contributed by atoms with Gasteiger partial charge in [-0.15, -0.1) is 0 Å². The Morgan fingerprint density at radius 3 is 2.65 bits per heavy atom. The monoisotopic (exact) mass is 318 g/mol. The van der Waals surface area contributed by atoms with Gasteiger partial charge in [0.05, 0.1) is 6.61 Å². The van der Waals surface area contributed by atoms with Gasteiger partial charge in [-0.25, -0.2) is 0 Å². The number of ether oxygens (including phenoxy) is 1. The zero-order chi connectivity index (χ0) is 16.7. The number of hydrogen-bond acceptors (Lipinski definition) is 2. The van der Waals surface area contributed by atoms with Crippen LogP contribution >= 0.6 is 0 Å².